The minimum absolute atomic E-state index is 0.308. The Bertz CT molecular complexity index is 378. The summed E-state index contributed by atoms with van der Waals surface area (Å²) in [6.07, 6.45) is 5.97. The van der Waals surface area contributed by atoms with Gasteiger partial charge in [0.15, 0.2) is 5.82 Å². The van der Waals surface area contributed by atoms with Crippen molar-refractivity contribution >= 4 is 0 Å². The molecule has 3 rings (SSSR count). The SMILES string of the molecule is CC(N)CC1CCn2nc(C3CC3)nc2C1. The molecular formula is C12H20N4. The highest BCUT2D eigenvalue weighted by Gasteiger charge is 2.30. The summed E-state index contributed by atoms with van der Waals surface area (Å²) in [4.78, 5) is 4.68. The third-order valence-electron chi connectivity index (χ3n) is 3.63. The van der Waals surface area contributed by atoms with Gasteiger partial charge in [0.05, 0.1) is 0 Å². The van der Waals surface area contributed by atoms with Gasteiger partial charge in [-0.25, -0.2) is 9.67 Å². The van der Waals surface area contributed by atoms with E-state index in [2.05, 4.69) is 21.7 Å². The van der Waals surface area contributed by atoms with E-state index < -0.39 is 0 Å². The van der Waals surface area contributed by atoms with E-state index in [9.17, 15) is 0 Å². The summed E-state index contributed by atoms with van der Waals surface area (Å²) in [5, 5.41) is 4.60. The molecule has 0 spiro atoms. The smallest absolute Gasteiger partial charge is 0.154 e. The fourth-order valence-electron chi connectivity index (χ4n) is 2.63. The molecule has 2 unspecified atom stereocenters. The van der Waals surface area contributed by atoms with E-state index in [1.54, 1.807) is 0 Å². The van der Waals surface area contributed by atoms with Crippen molar-refractivity contribution in [3.63, 3.8) is 0 Å². The predicted octanol–water partition coefficient (Wildman–Crippen LogP) is 1.46. The number of hydrogen-bond acceptors (Lipinski definition) is 3. The molecule has 4 heteroatoms. The first-order valence-electron chi connectivity index (χ1n) is 6.41. The minimum Gasteiger partial charge on any atom is -0.328 e. The Labute approximate surface area is 96.2 Å². The number of nitrogens with zero attached hydrogens (tertiary/aromatic N) is 3. The van der Waals surface area contributed by atoms with Crippen LogP contribution in [0.4, 0.5) is 0 Å². The molecule has 1 aromatic heterocycles. The molecular weight excluding hydrogens is 200 g/mol. The van der Waals surface area contributed by atoms with Gasteiger partial charge in [-0.15, -0.1) is 0 Å². The molecule has 1 saturated carbocycles. The summed E-state index contributed by atoms with van der Waals surface area (Å²) in [5.74, 6) is 3.67. The summed E-state index contributed by atoms with van der Waals surface area (Å²) in [7, 11) is 0. The average molecular weight is 220 g/mol. The third kappa shape index (κ3) is 1.98. The van der Waals surface area contributed by atoms with E-state index in [1.165, 1.54) is 25.1 Å². The Morgan fingerprint density at radius 2 is 2.25 bits per heavy atom. The van der Waals surface area contributed by atoms with Crippen LogP contribution in [0.25, 0.3) is 0 Å². The second kappa shape index (κ2) is 3.84. The molecule has 0 radical (unpaired) electrons. The van der Waals surface area contributed by atoms with Gasteiger partial charge in [-0.05, 0) is 38.5 Å². The normalized spacial score (nSPS) is 26.5. The summed E-state index contributed by atoms with van der Waals surface area (Å²) in [5.41, 5.74) is 5.86. The van der Waals surface area contributed by atoms with Gasteiger partial charge in [-0.2, -0.15) is 5.10 Å². The fraction of sp³-hybridized carbons (Fsp3) is 0.833. The first-order chi connectivity index (χ1) is 7.72. The molecule has 4 nitrogen and oxygen atoms in total. The zero-order valence-corrected chi connectivity index (χ0v) is 9.89. The number of nitrogens with two attached hydrogens (primary N) is 1. The fourth-order valence-corrected chi connectivity index (χ4v) is 2.63. The van der Waals surface area contributed by atoms with Crippen LogP contribution in [0.5, 0.6) is 0 Å². The van der Waals surface area contributed by atoms with Crippen LogP contribution in [0, 0.1) is 5.92 Å². The highest BCUT2D eigenvalue weighted by molar-refractivity contribution is 5.07. The molecule has 0 aromatic carbocycles. The number of aryl methyl sites for hydroxylation is 1. The minimum atomic E-state index is 0.308. The first-order valence-corrected chi connectivity index (χ1v) is 6.41. The maximum Gasteiger partial charge on any atom is 0.154 e. The molecule has 2 aliphatic rings. The monoisotopic (exact) mass is 220 g/mol. The van der Waals surface area contributed by atoms with Gasteiger partial charge in [0.25, 0.3) is 0 Å². The van der Waals surface area contributed by atoms with E-state index in [-0.39, 0.29) is 0 Å². The van der Waals surface area contributed by atoms with Gasteiger partial charge < -0.3 is 5.73 Å². The molecule has 2 heterocycles. The number of hydrogen-bond donors (Lipinski definition) is 1. The van der Waals surface area contributed by atoms with Gasteiger partial charge in [0.1, 0.15) is 5.82 Å². The van der Waals surface area contributed by atoms with Crippen LogP contribution in [0.3, 0.4) is 0 Å². The van der Waals surface area contributed by atoms with Crippen molar-refractivity contribution < 1.29 is 0 Å². The molecule has 0 bridgehead atoms. The zero-order valence-electron chi connectivity index (χ0n) is 9.89. The highest BCUT2D eigenvalue weighted by atomic mass is 15.4. The Kier molecular flexibility index (Phi) is 2.46. The van der Waals surface area contributed by atoms with Gasteiger partial charge in [0.2, 0.25) is 0 Å². The largest absolute Gasteiger partial charge is 0.328 e. The lowest BCUT2D eigenvalue weighted by molar-refractivity contribution is 0.329. The molecule has 1 aromatic rings. The van der Waals surface area contributed by atoms with Crippen molar-refractivity contribution in [3.8, 4) is 0 Å². The zero-order chi connectivity index (χ0) is 11.1. The van der Waals surface area contributed by atoms with Crippen molar-refractivity contribution in [1.29, 1.82) is 0 Å². The van der Waals surface area contributed by atoms with Crippen LogP contribution in [-0.2, 0) is 13.0 Å². The number of fused-ring (bicyclic) bond motifs is 1. The molecule has 0 saturated heterocycles. The van der Waals surface area contributed by atoms with Crippen LogP contribution in [0.1, 0.15) is 50.2 Å². The predicted molar refractivity (Wildman–Crippen MR) is 62.1 cm³/mol. The van der Waals surface area contributed by atoms with Crippen molar-refractivity contribution in [1.82, 2.24) is 14.8 Å². The Hall–Kier alpha value is -0.900. The van der Waals surface area contributed by atoms with Crippen molar-refractivity contribution in [3.05, 3.63) is 11.6 Å². The van der Waals surface area contributed by atoms with Gasteiger partial charge in [0, 0.05) is 24.9 Å². The Morgan fingerprint density at radius 1 is 1.44 bits per heavy atom. The van der Waals surface area contributed by atoms with Crippen molar-refractivity contribution in [2.75, 3.05) is 0 Å². The molecule has 2 atom stereocenters. The Morgan fingerprint density at radius 3 is 2.94 bits per heavy atom. The Balaban J connectivity index is 1.72. The van der Waals surface area contributed by atoms with E-state index in [1.807, 2.05) is 0 Å². The molecule has 16 heavy (non-hydrogen) atoms. The van der Waals surface area contributed by atoms with Crippen LogP contribution >= 0.6 is 0 Å². The molecule has 1 aliphatic carbocycles. The molecule has 1 fully saturated rings. The maximum absolute atomic E-state index is 5.86. The van der Waals surface area contributed by atoms with E-state index in [4.69, 9.17) is 5.73 Å². The van der Waals surface area contributed by atoms with Crippen LogP contribution in [0.15, 0.2) is 0 Å². The molecule has 1 aliphatic heterocycles. The summed E-state index contributed by atoms with van der Waals surface area (Å²) in [6.45, 7) is 3.13. The third-order valence-corrected chi connectivity index (χ3v) is 3.63. The number of rotatable bonds is 3. The molecule has 88 valence electrons. The summed E-state index contributed by atoms with van der Waals surface area (Å²) < 4.78 is 2.12. The lowest BCUT2D eigenvalue weighted by Gasteiger charge is -2.23. The van der Waals surface area contributed by atoms with Crippen molar-refractivity contribution in [2.24, 2.45) is 11.7 Å². The van der Waals surface area contributed by atoms with E-state index >= 15 is 0 Å². The van der Waals surface area contributed by atoms with E-state index in [0.29, 0.717) is 17.9 Å². The second-order valence-electron chi connectivity index (χ2n) is 5.46. The lowest BCUT2D eigenvalue weighted by atomic mass is 9.92. The van der Waals surface area contributed by atoms with E-state index in [0.717, 1.165) is 25.2 Å². The first kappa shape index (κ1) is 10.3. The number of aromatic nitrogens is 3. The van der Waals surface area contributed by atoms with Crippen molar-refractivity contribution in [2.45, 2.75) is 57.5 Å². The van der Waals surface area contributed by atoms with Crippen LogP contribution in [0.2, 0.25) is 0 Å². The van der Waals surface area contributed by atoms with Gasteiger partial charge >= 0.3 is 0 Å². The average Bonchev–Trinajstić information content (AvgIpc) is 2.98. The highest BCUT2D eigenvalue weighted by Crippen LogP contribution is 2.38. The molecule has 0 amide bonds. The van der Waals surface area contributed by atoms with Gasteiger partial charge in [-0.3, -0.25) is 0 Å². The maximum atomic E-state index is 5.86. The second-order valence-corrected chi connectivity index (χ2v) is 5.46. The van der Waals surface area contributed by atoms with Crippen LogP contribution < -0.4 is 5.73 Å². The van der Waals surface area contributed by atoms with Crippen LogP contribution in [-0.4, -0.2) is 20.8 Å². The summed E-state index contributed by atoms with van der Waals surface area (Å²) >= 11 is 0. The summed E-state index contributed by atoms with van der Waals surface area (Å²) in [6, 6.07) is 0.308. The molecule has 2 N–H and O–H groups in total. The lowest BCUT2D eigenvalue weighted by Crippen LogP contribution is -2.26. The standard InChI is InChI=1S/C12H20N4/c1-8(13)6-9-4-5-16-11(7-9)14-12(15-16)10-2-3-10/h8-10H,2-7,13H2,1H3. The topological polar surface area (TPSA) is 56.7 Å². The van der Waals surface area contributed by atoms with Gasteiger partial charge in [-0.1, -0.05) is 0 Å². The quantitative estimate of drug-likeness (QED) is 0.839.